The van der Waals surface area contributed by atoms with Gasteiger partial charge in [-0.2, -0.15) is 0 Å². The van der Waals surface area contributed by atoms with Crippen LogP contribution in [0.3, 0.4) is 0 Å². The number of hydrogen-bond donors (Lipinski definition) is 0. The van der Waals surface area contributed by atoms with Crippen LogP contribution in [0, 0.1) is 23.7 Å². The van der Waals surface area contributed by atoms with Crippen LogP contribution in [0.15, 0.2) is 0 Å². The quantitative estimate of drug-likeness (QED) is 0.534. The predicted molar refractivity (Wildman–Crippen MR) is 74.0 cm³/mol. The maximum Gasteiger partial charge on any atom is 0.305 e. The average molecular weight is 252 g/mol. The first-order chi connectivity index (χ1) is 8.51. The summed E-state index contributed by atoms with van der Waals surface area (Å²) in [5.41, 5.74) is 0.297. The molecule has 0 amide bonds. The molecule has 4 atom stereocenters. The van der Waals surface area contributed by atoms with Crippen LogP contribution in [0.25, 0.3) is 0 Å². The summed E-state index contributed by atoms with van der Waals surface area (Å²) in [5.74, 6) is 1.49. The van der Waals surface area contributed by atoms with Crippen LogP contribution in [0.2, 0.25) is 0 Å². The number of ether oxygens (including phenoxy) is 1. The summed E-state index contributed by atoms with van der Waals surface area (Å²) in [7, 11) is 1.70. The van der Waals surface area contributed by atoms with Crippen molar-refractivity contribution in [2.75, 3.05) is 6.61 Å². The van der Waals surface area contributed by atoms with Crippen molar-refractivity contribution in [2.45, 2.75) is 46.5 Å². The summed E-state index contributed by atoms with van der Waals surface area (Å²) in [6.07, 6.45) is 3.50. The molecule has 18 heavy (non-hydrogen) atoms. The Hall–Kier alpha value is -0.795. The second kappa shape index (κ2) is 6.96. The number of carbonyl (C=O) groups excluding carboxylic acids is 2. The molecule has 1 fully saturated rings. The van der Waals surface area contributed by atoms with E-state index in [9.17, 15) is 9.59 Å². The second-order valence-electron chi connectivity index (χ2n) is 5.54. The van der Waals surface area contributed by atoms with Crippen molar-refractivity contribution in [1.29, 1.82) is 0 Å². The van der Waals surface area contributed by atoms with Crippen molar-refractivity contribution in [1.82, 2.24) is 0 Å². The van der Waals surface area contributed by atoms with Crippen molar-refractivity contribution in [3.8, 4) is 0 Å². The molecule has 0 radical (unpaired) electrons. The van der Waals surface area contributed by atoms with E-state index in [1.54, 1.807) is 14.8 Å². The van der Waals surface area contributed by atoms with E-state index in [1.165, 1.54) is 0 Å². The van der Waals surface area contributed by atoms with E-state index in [0.29, 0.717) is 36.5 Å². The first-order valence-corrected chi connectivity index (χ1v) is 7.17. The standard InChI is InChI=1S/C14H25BO3/c1-4-10-8-9(3)13(14(15)17)11(10)6-7-18-12(16)5-2/h9-11,13H,4-8,15H2,1-3H3. The molecule has 3 nitrogen and oxygen atoms in total. The van der Waals surface area contributed by atoms with Gasteiger partial charge < -0.3 is 9.53 Å². The highest BCUT2D eigenvalue weighted by molar-refractivity contribution is 6.58. The Balaban J connectivity index is 2.57. The largest absolute Gasteiger partial charge is 0.466 e. The van der Waals surface area contributed by atoms with E-state index >= 15 is 0 Å². The Morgan fingerprint density at radius 2 is 2.00 bits per heavy atom. The van der Waals surface area contributed by atoms with Gasteiger partial charge in [-0.05, 0) is 30.6 Å². The molecule has 4 heteroatoms. The molecule has 1 aliphatic rings. The van der Waals surface area contributed by atoms with E-state index in [2.05, 4.69) is 13.8 Å². The molecule has 0 spiro atoms. The highest BCUT2D eigenvalue weighted by Crippen LogP contribution is 2.44. The summed E-state index contributed by atoms with van der Waals surface area (Å²) in [6.45, 7) is 6.62. The maximum absolute atomic E-state index is 11.8. The van der Waals surface area contributed by atoms with Crippen molar-refractivity contribution in [3.63, 3.8) is 0 Å². The molecule has 0 bridgehead atoms. The van der Waals surface area contributed by atoms with Gasteiger partial charge >= 0.3 is 5.97 Å². The van der Waals surface area contributed by atoms with Gasteiger partial charge in [-0.15, -0.1) is 0 Å². The first kappa shape index (κ1) is 15.3. The fraction of sp³-hybridized carbons (Fsp3) is 0.857. The van der Waals surface area contributed by atoms with Crippen molar-refractivity contribution in [3.05, 3.63) is 0 Å². The Labute approximate surface area is 111 Å². The smallest absolute Gasteiger partial charge is 0.305 e. The minimum absolute atomic E-state index is 0.145. The van der Waals surface area contributed by atoms with Gasteiger partial charge in [0.2, 0.25) is 0 Å². The van der Waals surface area contributed by atoms with Crippen LogP contribution in [-0.4, -0.2) is 26.1 Å². The zero-order chi connectivity index (χ0) is 13.7. The zero-order valence-electron chi connectivity index (χ0n) is 12.1. The summed E-state index contributed by atoms with van der Waals surface area (Å²) in [6, 6.07) is 0. The Morgan fingerprint density at radius 1 is 1.33 bits per heavy atom. The van der Waals surface area contributed by atoms with Gasteiger partial charge in [-0.25, -0.2) is 0 Å². The summed E-state index contributed by atoms with van der Waals surface area (Å²) >= 11 is 0. The second-order valence-corrected chi connectivity index (χ2v) is 5.54. The van der Waals surface area contributed by atoms with Crippen LogP contribution in [0.1, 0.15) is 46.5 Å². The molecule has 0 aromatic rings. The molecule has 0 saturated heterocycles. The van der Waals surface area contributed by atoms with Crippen LogP contribution < -0.4 is 0 Å². The van der Waals surface area contributed by atoms with Gasteiger partial charge in [-0.1, -0.05) is 27.2 Å². The third-order valence-corrected chi connectivity index (χ3v) is 4.35. The molecule has 0 aromatic carbocycles. The van der Waals surface area contributed by atoms with Crippen LogP contribution >= 0.6 is 0 Å². The normalized spacial score (nSPS) is 31.3. The first-order valence-electron chi connectivity index (χ1n) is 7.17. The van der Waals surface area contributed by atoms with Gasteiger partial charge in [0, 0.05) is 12.3 Å². The molecular weight excluding hydrogens is 227 g/mol. The summed E-state index contributed by atoms with van der Waals surface area (Å²) in [4.78, 5) is 22.9. The Kier molecular flexibility index (Phi) is 5.90. The molecule has 1 aliphatic carbocycles. The SMILES string of the molecule is BC(=O)C1C(C)CC(CC)C1CCOC(=O)CC. The van der Waals surface area contributed by atoms with Gasteiger partial charge in [0.05, 0.1) is 12.3 Å². The topological polar surface area (TPSA) is 43.4 Å². The lowest BCUT2D eigenvalue weighted by Gasteiger charge is -2.23. The molecule has 0 heterocycles. The van der Waals surface area contributed by atoms with Crippen LogP contribution in [0.5, 0.6) is 0 Å². The third-order valence-electron chi connectivity index (χ3n) is 4.35. The van der Waals surface area contributed by atoms with E-state index in [4.69, 9.17) is 4.74 Å². The van der Waals surface area contributed by atoms with Crippen molar-refractivity contribution >= 4 is 19.5 Å². The fourth-order valence-electron chi connectivity index (χ4n) is 3.51. The molecule has 102 valence electrons. The van der Waals surface area contributed by atoms with Gasteiger partial charge in [0.15, 0.2) is 7.85 Å². The molecule has 4 unspecified atom stereocenters. The lowest BCUT2D eigenvalue weighted by molar-refractivity contribution is -0.143. The van der Waals surface area contributed by atoms with Crippen molar-refractivity contribution in [2.24, 2.45) is 23.7 Å². The lowest BCUT2D eigenvalue weighted by Crippen LogP contribution is -2.27. The van der Waals surface area contributed by atoms with Gasteiger partial charge in [-0.3, -0.25) is 4.79 Å². The molecule has 0 N–H and O–H groups in total. The van der Waals surface area contributed by atoms with Gasteiger partial charge in [0.25, 0.3) is 0 Å². The van der Waals surface area contributed by atoms with Gasteiger partial charge in [0.1, 0.15) is 0 Å². The highest BCUT2D eigenvalue weighted by atomic mass is 16.5. The predicted octanol–water partition coefficient (Wildman–Crippen LogP) is 1.79. The number of hydrogen-bond acceptors (Lipinski definition) is 3. The van der Waals surface area contributed by atoms with E-state index in [-0.39, 0.29) is 11.9 Å². The Bertz CT molecular complexity index is 303. The van der Waals surface area contributed by atoms with Crippen LogP contribution in [0.4, 0.5) is 0 Å². The van der Waals surface area contributed by atoms with E-state index in [1.807, 2.05) is 0 Å². The minimum Gasteiger partial charge on any atom is -0.466 e. The fourth-order valence-corrected chi connectivity index (χ4v) is 3.51. The monoisotopic (exact) mass is 252 g/mol. The minimum atomic E-state index is -0.145. The van der Waals surface area contributed by atoms with Crippen molar-refractivity contribution < 1.29 is 14.3 Å². The zero-order valence-corrected chi connectivity index (χ0v) is 12.1. The molecule has 1 saturated carbocycles. The summed E-state index contributed by atoms with van der Waals surface area (Å²) in [5, 5.41) is 0. The molecular formula is C14H25BO3. The number of rotatable bonds is 6. The maximum atomic E-state index is 11.8. The third kappa shape index (κ3) is 3.60. The highest BCUT2D eigenvalue weighted by Gasteiger charge is 2.41. The lowest BCUT2D eigenvalue weighted by atomic mass is 9.75. The number of carbonyl (C=O) groups is 2. The number of esters is 1. The Morgan fingerprint density at radius 3 is 2.50 bits per heavy atom. The van der Waals surface area contributed by atoms with E-state index < -0.39 is 0 Å². The average Bonchev–Trinajstić information content (AvgIpc) is 2.65. The summed E-state index contributed by atoms with van der Waals surface area (Å²) < 4.78 is 5.16. The molecule has 0 aromatic heterocycles. The van der Waals surface area contributed by atoms with E-state index in [0.717, 1.165) is 19.3 Å². The van der Waals surface area contributed by atoms with Crippen LogP contribution in [-0.2, 0) is 14.3 Å². The molecule has 1 rings (SSSR count). The molecule has 0 aliphatic heterocycles.